The Morgan fingerprint density at radius 2 is 2.35 bits per heavy atom. The van der Waals surface area contributed by atoms with Crippen LogP contribution >= 0.6 is 0 Å². The van der Waals surface area contributed by atoms with E-state index in [2.05, 4.69) is 27.8 Å². The van der Waals surface area contributed by atoms with Gasteiger partial charge < -0.3 is 11.1 Å². The summed E-state index contributed by atoms with van der Waals surface area (Å²) in [6.07, 6.45) is 5.64. The van der Waals surface area contributed by atoms with E-state index in [1.54, 1.807) is 4.68 Å². The molecular weight excluding hydrogens is 216 g/mol. The second kappa shape index (κ2) is 5.10. The second-order valence-electron chi connectivity index (χ2n) is 5.23. The van der Waals surface area contributed by atoms with Crippen molar-refractivity contribution in [2.45, 2.75) is 50.6 Å². The van der Waals surface area contributed by atoms with Gasteiger partial charge in [0, 0.05) is 31.6 Å². The number of aromatic nitrogens is 4. The average Bonchev–Trinajstić information content (AvgIpc) is 2.67. The smallest absolute Gasteiger partial charge is 0.152 e. The van der Waals surface area contributed by atoms with Crippen LogP contribution in [0.2, 0.25) is 0 Å². The van der Waals surface area contributed by atoms with E-state index >= 15 is 0 Å². The van der Waals surface area contributed by atoms with Crippen molar-refractivity contribution >= 4 is 0 Å². The molecular formula is C11H22N6. The van der Waals surface area contributed by atoms with Crippen molar-refractivity contribution in [1.82, 2.24) is 25.5 Å². The lowest BCUT2D eigenvalue weighted by molar-refractivity contribution is 0.235. The third-order valence-corrected chi connectivity index (χ3v) is 3.70. The predicted octanol–water partition coefficient (Wildman–Crippen LogP) is 0.00220. The van der Waals surface area contributed by atoms with Crippen LogP contribution in [0.15, 0.2) is 0 Å². The standard InChI is InChI=1S/C11H22N6/c1-11(12)7-4-3-5-9(11)13-8-6-10-14-15-16-17(10)2/h9,13H,3-8,12H2,1-2H3. The van der Waals surface area contributed by atoms with Gasteiger partial charge in [0.25, 0.3) is 0 Å². The van der Waals surface area contributed by atoms with Crippen LogP contribution in [0.4, 0.5) is 0 Å². The van der Waals surface area contributed by atoms with Gasteiger partial charge in [0.15, 0.2) is 5.82 Å². The van der Waals surface area contributed by atoms with Gasteiger partial charge in [0.2, 0.25) is 0 Å². The highest BCUT2D eigenvalue weighted by Crippen LogP contribution is 2.25. The number of tetrazole rings is 1. The molecule has 1 aliphatic carbocycles. The summed E-state index contributed by atoms with van der Waals surface area (Å²) in [6, 6.07) is 0.414. The summed E-state index contributed by atoms with van der Waals surface area (Å²) >= 11 is 0. The molecule has 3 N–H and O–H groups in total. The Balaban J connectivity index is 1.80. The molecule has 0 aliphatic heterocycles. The largest absolute Gasteiger partial charge is 0.324 e. The lowest BCUT2D eigenvalue weighted by Gasteiger charge is -2.39. The quantitative estimate of drug-likeness (QED) is 0.772. The first-order valence-corrected chi connectivity index (χ1v) is 6.33. The van der Waals surface area contributed by atoms with Crippen molar-refractivity contribution < 1.29 is 0 Å². The van der Waals surface area contributed by atoms with E-state index in [4.69, 9.17) is 5.73 Å². The van der Waals surface area contributed by atoms with E-state index < -0.39 is 0 Å². The first-order valence-electron chi connectivity index (χ1n) is 6.33. The van der Waals surface area contributed by atoms with Crippen LogP contribution in [0.3, 0.4) is 0 Å². The normalized spacial score (nSPS) is 29.5. The Kier molecular flexibility index (Phi) is 3.73. The topological polar surface area (TPSA) is 81.7 Å². The Hall–Kier alpha value is -1.01. The third-order valence-electron chi connectivity index (χ3n) is 3.70. The molecule has 1 aromatic heterocycles. The zero-order valence-corrected chi connectivity index (χ0v) is 10.7. The number of aryl methyl sites for hydroxylation is 1. The van der Waals surface area contributed by atoms with Crippen LogP contribution in [0.25, 0.3) is 0 Å². The predicted molar refractivity (Wildman–Crippen MR) is 65.4 cm³/mol. The molecule has 2 rings (SSSR count). The summed E-state index contributed by atoms with van der Waals surface area (Å²) < 4.78 is 1.71. The first-order chi connectivity index (χ1) is 8.09. The lowest BCUT2D eigenvalue weighted by Crippen LogP contribution is -2.57. The second-order valence-corrected chi connectivity index (χ2v) is 5.23. The summed E-state index contributed by atoms with van der Waals surface area (Å²) in [5.41, 5.74) is 6.23. The Bertz CT molecular complexity index is 359. The van der Waals surface area contributed by atoms with Gasteiger partial charge in [-0.1, -0.05) is 12.8 Å². The Labute approximate surface area is 102 Å². The highest BCUT2D eigenvalue weighted by Gasteiger charge is 2.32. The molecule has 0 amide bonds. The highest BCUT2D eigenvalue weighted by atomic mass is 15.5. The third kappa shape index (κ3) is 3.01. The van der Waals surface area contributed by atoms with Crippen molar-refractivity contribution in [2.24, 2.45) is 12.8 Å². The Morgan fingerprint density at radius 3 is 3.00 bits per heavy atom. The summed E-state index contributed by atoms with van der Waals surface area (Å²) in [7, 11) is 1.86. The number of nitrogens with zero attached hydrogens (tertiary/aromatic N) is 4. The van der Waals surface area contributed by atoms with Gasteiger partial charge in [-0.3, -0.25) is 0 Å². The fraction of sp³-hybridized carbons (Fsp3) is 0.909. The minimum Gasteiger partial charge on any atom is -0.324 e. The number of nitrogens with one attached hydrogen (secondary N) is 1. The van der Waals surface area contributed by atoms with Crippen molar-refractivity contribution in [2.75, 3.05) is 6.54 Å². The molecule has 0 aromatic carbocycles. The molecule has 0 saturated heterocycles. The number of nitrogens with two attached hydrogens (primary N) is 1. The molecule has 1 aromatic rings. The summed E-state index contributed by atoms with van der Waals surface area (Å²) in [5, 5.41) is 14.9. The van der Waals surface area contributed by atoms with Crippen LogP contribution in [-0.4, -0.2) is 38.3 Å². The van der Waals surface area contributed by atoms with Crippen LogP contribution in [-0.2, 0) is 13.5 Å². The van der Waals surface area contributed by atoms with E-state index in [1.807, 2.05) is 7.05 Å². The molecule has 1 fully saturated rings. The monoisotopic (exact) mass is 238 g/mol. The number of hydrogen-bond acceptors (Lipinski definition) is 5. The fourth-order valence-electron chi connectivity index (χ4n) is 2.51. The van der Waals surface area contributed by atoms with Crippen LogP contribution in [0, 0.1) is 0 Å². The molecule has 17 heavy (non-hydrogen) atoms. The SMILES string of the molecule is Cn1nnnc1CCNC1CCCCC1(C)N. The average molecular weight is 238 g/mol. The van der Waals surface area contributed by atoms with Crippen molar-refractivity contribution in [3.05, 3.63) is 5.82 Å². The van der Waals surface area contributed by atoms with Gasteiger partial charge in [-0.05, 0) is 30.2 Å². The van der Waals surface area contributed by atoms with Crippen LogP contribution < -0.4 is 11.1 Å². The molecule has 2 atom stereocenters. The van der Waals surface area contributed by atoms with Crippen molar-refractivity contribution in [1.29, 1.82) is 0 Å². The van der Waals surface area contributed by atoms with Gasteiger partial charge in [0.05, 0.1) is 0 Å². The van der Waals surface area contributed by atoms with E-state index in [0.29, 0.717) is 6.04 Å². The molecule has 0 radical (unpaired) electrons. The fourth-order valence-corrected chi connectivity index (χ4v) is 2.51. The molecule has 6 heteroatoms. The van der Waals surface area contributed by atoms with Gasteiger partial charge in [-0.2, -0.15) is 0 Å². The van der Waals surface area contributed by atoms with E-state index in [9.17, 15) is 0 Å². The number of hydrogen-bond donors (Lipinski definition) is 2. The van der Waals surface area contributed by atoms with Crippen LogP contribution in [0.1, 0.15) is 38.4 Å². The van der Waals surface area contributed by atoms with E-state index in [-0.39, 0.29) is 5.54 Å². The molecule has 96 valence electrons. The summed E-state index contributed by atoms with van der Waals surface area (Å²) in [5.74, 6) is 0.909. The maximum absolute atomic E-state index is 6.30. The number of rotatable bonds is 4. The van der Waals surface area contributed by atoms with E-state index in [1.165, 1.54) is 19.3 Å². The van der Waals surface area contributed by atoms with Crippen molar-refractivity contribution in [3.63, 3.8) is 0 Å². The molecule has 2 unspecified atom stereocenters. The zero-order valence-electron chi connectivity index (χ0n) is 10.7. The summed E-state index contributed by atoms with van der Waals surface area (Å²) in [4.78, 5) is 0. The van der Waals surface area contributed by atoms with Gasteiger partial charge in [-0.25, -0.2) is 4.68 Å². The molecule has 1 heterocycles. The molecule has 1 saturated carbocycles. The minimum atomic E-state index is -0.0730. The van der Waals surface area contributed by atoms with E-state index in [0.717, 1.165) is 25.2 Å². The highest BCUT2D eigenvalue weighted by molar-refractivity contribution is 4.95. The van der Waals surface area contributed by atoms with Gasteiger partial charge in [0.1, 0.15) is 0 Å². The first kappa shape index (κ1) is 12.4. The molecule has 0 bridgehead atoms. The lowest BCUT2D eigenvalue weighted by atomic mass is 9.79. The van der Waals surface area contributed by atoms with Crippen molar-refractivity contribution in [3.8, 4) is 0 Å². The zero-order chi connectivity index (χ0) is 12.3. The molecule has 0 spiro atoms. The van der Waals surface area contributed by atoms with Crippen LogP contribution in [0.5, 0.6) is 0 Å². The van der Waals surface area contributed by atoms with Gasteiger partial charge >= 0.3 is 0 Å². The minimum absolute atomic E-state index is 0.0730. The maximum atomic E-state index is 6.30. The Morgan fingerprint density at radius 1 is 1.53 bits per heavy atom. The summed E-state index contributed by atoms with van der Waals surface area (Å²) in [6.45, 7) is 3.03. The molecule has 6 nitrogen and oxygen atoms in total. The maximum Gasteiger partial charge on any atom is 0.152 e. The van der Waals surface area contributed by atoms with Gasteiger partial charge in [-0.15, -0.1) is 5.10 Å². The molecule has 1 aliphatic rings.